The minimum atomic E-state index is -5.02. The van der Waals surface area contributed by atoms with Gasteiger partial charge in [0, 0.05) is 12.1 Å². The molecule has 0 fully saturated rings. The predicted molar refractivity (Wildman–Crippen MR) is 78.0 cm³/mol. The van der Waals surface area contributed by atoms with Crippen molar-refractivity contribution in [2.45, 2.75) is 33.1 Å². The monoisotopic (exact) mass is 323 g/mol. The molecule has 104 valence electrons. The second-order valence-electron chi connectivity index (χ2n) is 5.63. The van der Waals surface area contributed by atoms with Crippen LogP contribution in [0.4, 0.5) is 12.9 Å². The van der Waals surface area contributed by atoms with Crippen molar-refractivity contribution in [3.05, 3.63) is 28.8 Å². The molecule has 1 aromatic carbocycles. The molecule has 0 amide bonds. The maximum absolute atomic E-state index is 12.9. The van der Waals surface area contributed by atoms with Crippen LogP contribution in [0.3, 0.4) is 0 Å². The second kappa shape index (κ2) is 7.63. The van der Waals surface area contributed by atoms with Gasteiger partial charge in [0.05, 0.1) is 0 Å². The first-order valence-electron chi connectivity index (χ1n) is 6.11. The Labute approximate surface area is 162 Å². The molecule has 1 aromatic rings. The minimum Gasteiger partial charge on any atom is -0.445 e. The van der Waals surface area contributed by atoms with Gasteiger partial charge in [-0.2, -0.15) is 0 Å². The van der Waals surface area contributed by atoms with Gasteiger partial charge in [0.2, 0.25) is 0 Å². The molecule has 7 heteroatoms. The van der Waals surface area contributed by atoms with Crippen molar-refractivity contribution in [3.63, 3.8) is 0 Å². The Kier molecular flexibility index (Phi) is 7.80. The zero-order valence-electron chi connectivity index (χ0n) is 12.7. The first kappa shape index (κ1) is 20.4. The Morgan fingerprint density at radius 1 is 1.20 bits per heavy atom. The maximum atomic E-state index is 12.9. The number of rotatable bonds is 2. The average molecular weight is 323 g/mol. The van der Waals surface area contributed by atoms with Crippen LogP contribution in [0.1, 0.15) is 16.7 Å². The molecule has 0 unspecified atom stereocenters. The minimum absolute atomic E-state index is 0. The molecule has 0 aromatic heterocycles. The van der Waals surface area contributed by atoms with E-state index in [-0.39, 0.29) is 57.9 Å². The van der Waals surface area contributed by atoms with Crippen molar-refractivity contribution < 1.29 is 64.3 Å². The predicted octanol–water partition coefficient (Wildman–Crippen LogP) is -0.259. The summed E-state index contributed by atoms with van der Waals surface area (Å²) in [5.74, 6) is 2.91. The Bertz CT molecular complexity index is 542. The largest absolute Gasteiger partial charge is 1.00 e. The number of halogens is 3. The normalized spacial score (nSPS) is 11.4. The quantitative estimate of drug-likeness (QED) is 0.589. The summed E-state index contributed by atoms with van der Waals surface area (Å²) >= 11 is 0. The van der Waals surface area contributed by atoms with Crippen LogP contribution in [-0.4, -0.2) is 15.1 Å². The summed E-state index contributed by atoms with van der Waals surface area (Å²) in [5.41, 5.74) is 9.69. The molecule has 1 nitrogen and oxygen atoms in total. The van der Waals surface area contributed by atoms with E-state index in [1.807, 2.05) is 0 Å². The molecule has 0 radical (unpaired) electrons. The number of nitrogens with two attached hydrogens (primary N) is 1. The Morgan fingerprint density at radius 2 is 1.75 bits per heavy atom. The van der Waals surface area contributed by atoms with Gasteiger partial charge in [-0.15, -0.1) is 11.0 Å². The molecule has 1 rings (SSSR count). The summed E-state index contributed by atoms with van der Waals surface area (Å²) in [7, 11) is -1.62. The van der Waals surface area contributed by atoms with E-state index < -0.39 is 20.5 Å². The van der Waals surface area contributed by atoms with Gasteiger partial charge < -0.3 is 18.7 Å². The second-order valence-corrected chi connectivity index (χ2v) is 10.4. The van der Waals surface area contributed by atoms with Gasteiger partial charge in [0.15, 0.2) is 0 Å². The third-order valence-electron chi connectivity index (χ3n) is 2.71. The van der Waals surface area contributed by atoms with E-state index in [9.17, 15) is 12.9 Å². The Hall–Kier alpha value is 0.448. The fourth-order valence-electron chi connectivity index (χ4n) is 1.58. The van der Waals surface area contributed by atoms with Gasteiger partial charge >= 0.3 is 58.4 Å². The Morgan fingerprint density at radius 3 is 2.15 bits per heavy atom. The molecular formula is C13H18BF3KNSi. The van der Waals surface area contributed by atoms with Crippen molar-refractivity contribution >= 4 is 20.5 Å². The van der Waals surface area contributed by atoms with Gasteiger partial charge in [-0.05, 0) is 18.1 Å². The summed E-state index contributed by atoms with van der Waals surface area (Å²) < 4.78 is 38.6. The molecule has 0 heterocycles. The summed E-state index contributed by atoms with van der Waals surface area (Å²) in [6.07, 6.45) is 0. The molecule has 0 aliphatic rings. The topological polar surface area (TPSA) is 26.0 Å². The van der Waals surface area contributed by atoms with Crippen LogP contribution in [-0.2, 0) is 6.54 Å². The molecule has 0 bridgehead atoms. The van der Waals surface area contributed by atoms with Gasteiger partial charge in [0.1, 0.15) is 8.07 Å². The van der Waals surface area contributed by atoms with E-state index in [1.54, 1.807) is 6.92 Å². The average Bonchev–Trinajstić information content (AvgIpc) is 2.25. The van der Waals surface area contributed by atoms with Gasteiger partial charge in [-0.3, -0.25) is 0 Å². The fourth-order valence-corrected chi connectivity index (χ4v) is 2.09. The van der Waals surface area contributed by atoms with Crippen molar-refractivity contribution in [1.82, 2.24) is 0 Å². The molecule has 0 spiro atoms. The first-order valence-corrected chi connectivity index (χ1v) is 9.61. The van der Waals surface area contributed by atoms with Gasteiger partial charge in [0.25, 0.3) is 0 Å². The standard InChI is InChI=1S/C13H18BF3NSi.K/c1-10-11(5-6-19(2,3)4)7-13(14(15,16)17)8-12(10)9-18;/h7-8H,9,18H2,1-4H3;/q-1;+1. The smallest absolute Gasteiger partial charge is 0.445 e. The molecule has 0 saturated carbocycles. The third kappa shape index (κ3) is 6.06. The number of hydrogen-bond acceptors (Lipinski definition) is 1. The first-order chi connectivity index (χ1) is 8.54. The number of benzene rings is 1. The molecule has 0 atom stereocenters. The van der Waals surface area contributed by atoms with Crippen molar-refractivity contribution in [1.29, 1.82) is 0 Å². The van der Waals surface area contributed by atoms with Crippen LogP contribution in [0.15, 0.2) is 12.1 Å². The van der Waals surface area contributed by atoms with Gasteiger partial charge in [-0.25, -0.2) is 0 Å². The van der Waals surface area contributed by atoms with E-state index >= 15 is 0 Å². The van der Waals surface area contributed by atoms with Crippen molar-refractivity contribution in [3.8, 4) is 11.5 Å². The molecule has 20 heavy (non-hydrogen) atoms. The van der Waals surface area contributed by atoms with E-state index in [0.29, 0.717) is 11.1 Å². The summed E-state index contributed by atoms with van der Waals surface area (Å²) in [6, 6.07) is 2.27. The van der Waals surface area contributed by atoms with Crippen LogP contribution in [0.5, 0.6) is 0 Å². The molecule has 0 aliphatic carbocycles. The van der Waals surface area contributed by atoms with E-state index in [2.05, 4.69) is 31.1 Å². The van der Waals surface area contributed by atoms with E-state index in [4.69, 9.17) is 5.73 Å². The summed E-state index contributed by atoms with van der Waals surface area (Å²) in [6.45, 7) is 2.99. The van der Waals surface area contributed by atoms with Crippen LogP contribution in [0, 0.1) is 18.4 Å². The molecular weight excluding hydrogens is 305 g/mol. The molecule has 0 saturated heterocycles. The zero-order valence-corrected chi connectivity index (χ0v) is 16.8. The summed E-state index contributed by atoms with van der Waals surface area (Å²) in [5, 5.41) is 0. The van der Waals surface area contributed by atoms with Crippen LogP contribution in [0.2, 0.25) is 19.6 Å². The van der Waals surface area contributed by atoms with Crippen molar-refractivity contribution in [2.24, 2.45) is 5.73 Å². The third-order valence-corrected chi connectivity index (χ3v) is 3.58. The van der Waals surface area contributed by atoms with Crippen molar-refractivity contribution in [2.75, 3.05) is 0 Å². The van der Waals surface area contributed by atoms with E-state index in [1.165, 1.54) is 0 Å². The van der Waals surface area contributed by atoms with Crippen LogP contribution < -0.4 is 62.6 Å². The maximum Gasteiger partial charge on any atom is 1.00 e. The molecule has 2 N–H and O–H groups in total. The van der Waals surface area contributed by atoms with E-state index in [0.717, 1.165) is 17.7 Å². The SMILES string of the molecule is Cc1c(C#C[Si](C)(C)C)cc([B-](F)(F)F)cc1CN.[K+]. The van der Waals surface area contributed by atoms with Gasteiger partial charge in [-0.1, -0.05) is 37.7 Å². The number of hydrogen-bond donors (Lipinski definition) is 1. The molecule has 0 aliphatic heterocycles. The van der Waals surface area contributed by atoms with Crippen LogP contribution in [0.25, 0.3) is 0 Å². The Balaban J connectivity index is 0.00000361. The van der Waals surface area contributed by atoms with Crippen LogP contribution >= 0.6 is 0 Å². The zero-order chi connectivity index (χ0) is 14.8. The summed E-state index contributed by atoms with van der Waals surface area (Å²) in [4.78, 5) is 0. The fraction of sp³-hybridized carbons (Fsp3) is 0.385.